The van der Waals surface area contributed by atoms with Gasteiger partial charge in [0.2, 0.25) is 11.8 Å². The molecule has 3 heterocycles. The molecule has 2 N–H and O–H groups in total. The van der Waals surface area contributed by atoms with Gasteiger partial charge in [-0.1, -0.05) is 43.6 Å². The summed E-state index contributed by atoms with van der Waals surface area (Å²) < 4.78 is 27.2. The summed E-state index contributed by atoms with van der Waals surface area (Å²) in [5.41, 5.74) is 3.28. The maximum atomic E-state index is 15.2. The molecule has 3 aromatic carbocycles. The number of benzene rings is 3. The number of ether oxygens (including phenoxy) is 2. The van der Waals surface area contributed by atoms with Gasteiger partial charge in [0, 0.05) is 88.1 Å². The van der Waals surface area contributed by atoms with Crippen LogP contribution in [-0.4, -0.2) is 120 Å². The van der Waals surface area contributed by atoms with Crippen molar-refractivity contribution in [2.24, 2.45) is 0 Å². The van der Waals surface area contributed by atoms with E-state index < -0.39 is 11.7 Å². The lowest BCUT2D eigenvalue weighted by Gasteiger charge is -2.34. The maximum Gasteiger partial charge on any atom is 0.262 e. The Morgan fingerprint density at radius 2 is 1.45 bits per heavy atom. The molecule has 14 heteroatoms. The minimum absolute atomic E-state index is 0.0427. The van der Waals surface area contributed by atoms with E-state index in [0.29, 0.717) is 36.6 Å². The highest BCUT2D eigenvalue weighted by Gasteiger charge is 2.24. The summed E-state index contributed by atoms with van der Waals surface area (Å²) in [6, 6.07) is 15.1. The van der Waals surface area contributed by atoms with E-state index in [0.717, 1.165) is 82.9 Å². The Balaban J connectivity index is 1.16. The second-order valence-corrected chi connectivity index (χ2v) is 14.7. The molecular formula is C42H52ClFN8O4. The van der Waals surface area contributed by atoms with E-state index in [4.69, 9.17) is 21.1 Å². The van der Waals surface area contributed by atoms with Crippen molar-refractivity contribution in [1.29, 1.82) is 0 Å². The monoisotopic (exact) mass is 786 g/mol. The third-order valence-electron chi connectivity index (χ3n) is 10.2. The van der Waals surface area contributed by atoms with Crippen LogP contribution in [0, 0.1) is 19.7 Å². The zero-order valence-corrected chi connectivity index (χ0v) is 33.5. The fraction of sp³-hybridized carbons (Fsp3) is 0.429. The second-order valence-electron chi connectivity index (χ2n) is 14.3. The molecule has 2 aliphatic heterocycles. The molecule has 6 rings (SSSR count). The van der Waals surface area contributed by atoms with Crippen molar-refractivity contribution in [3.63, 3.8) is 0 Å². The normalized spacial score (nSPS) is 15.4. The smallest absolute Gasteiger partial charge is 0.262 e. The fourth-order valence-electron chi connectivity index (χ4n) is 7.01. The molecule has 56 heavy (non-hydrogen) atoms. The van der Waals surface area contributed by atoms with Gasteiger partial charge in [-0.25, -0.2) is 9.37 Å². The zero-order chi connectivity index (χ0) is 39.6. The Hall–Kier alpha value is -4.82. The summed E-state index contributed by atoms with van der Waals surface area (Å²) in [5.74, 6) is -0.825. The van der Waals surface area contributed by atoms with Crippen molar-refractivity contribution in [3.05, 3.63) is 93.9 Å². The first-order chi connectivity index (χ1) is 27.1. The third-order valence-corrected chi connectivity index (χ3v) is 10.5. The average molecular weight is 787 g/mol. The van der Waals surface area contributed by atoms with Gasteiger partial charge < -0.3 is 29.9 Å². The lowest BCUT2D eigenvalue weighted by molar-refractivity contribution is 0.0637. The van der Waals surface area contributed by atoms with Crippen LogP contribution in [0.15, 0.2) is 60.8 Å². The third kappa shape index (κ3) is 10.5. The fourth-order valence-corrected chi connectivity index (χ4v) is 7.23. The van der Waals surface area contributed by atoms with E-state index in [1.165, 1.54) is 12.3 Å². The minimum atomic E-state index is -0.534. The van der Waals surface area contributed by atoms with E-state index in [2.05, 4.69) is 49.1 Å². The predicted octanol–water partition coefficient (Wildman–Crippen LogP) is 7.25. The Kier molecular flexibility index (Phi) is 14.1. The van der Waals surface area contributed by atoms with Crippen LogP contribution < -0.4 is 20.1 Å². The van der Waals surface area contributed by atoms with Crippen LogP contribution >= 0.6 is 11.6 Å². The van der Waals surface area contributed by atoms with Crippen molar-refractivity contribution >= 4 is 40.7 Å². The Bertz CT molecular complexity index is 1960. The predicted molar refractivity (Wildman–Crippen MR) is 218 cm³/mol. The molecule has 4 aromatic rings. The maximum absolute atomic E-state index is 15.2. The molecule has 298 valence electrons. The van der Waals surface area contributed by atoms with Crippen molar-refractivity contribution in [2.45, 2.75) is 40.5 Å². The number of anilines is 3. The van der Waals surface area contributed by atoms with Gasteiger partial charge in [-0.2, -0.15) is 4.98 Å². The molecule has 0 bridgehead atoms. The molecule has 0 atom stereocenters. The van der Waals surface area contributed by atoms with Gasteiger partial charge in [-0.15, -0.1) is 0 Å². The standard InChI is InChI=1S/C42H52ClFN8O4/c1-5-14-49-16-18-51(19-17-49)24-25-55-37-13-11-32(27-35(37)44)46-42-45-28-33(39(53)47-38-29(3)8-7-9-30(38)4)40(48-42)56-36-12-10-31(26-34(36)43)41(54)52-22-20-50(15-6-2)21-23-52/h7-13,26-28H,5-6,14-25H2,1-4H3,(H,47,53)(H,45,46,48). The summed E-state index contributed by atoms with van der Waals surface area (Å²) in [4.78, 5) is 45.0. The average Bonchev–Trinajstić information content (AvgIpc) is 3.19. The number of nitrogens with zero attached hydrogens (tertiary/aromatic N) is 6. The summed E-state index contributed by atoms with van der Waals surface area (Å²) in [7, 11) is 0. The van der Waals surface area contributed by atoms with Gasteiger partial charge >= 0.3 is 0 Å². The molecule has 0 spiro atoms. The van der Waals surface area contributed by atoms with Gasteiger partial charge in [-0.3, -0.25) is 19.4 Å². The number of carbonyl (C=O) groups is 2. The lowest BCUT2D eigenvalue weighted by Crippen LogP contribution is -2.48. The minimum Gasteiger partial charge on any atom is -0.489 e. The number of hydrogen-bond acceptors (Lipinski definition) is 10. The summed E-state index contributed by atoms with van der Waals surface area (Å²) >= 11 is 6.71. The Labute approximate surface area is 333 Å². The molecule has 1 aromatic heterocycles. The van der Waals surface area contributed by atoms with Crippen molar-refractivity contribution in [1.82, 2.24) is 29.6 Å². The second kappa shape index (κ2) is 19.4. The van der Waals surface area contributed by atoms with Crippen molar-refractivity contribution in [2.75, 3.05) is 89.2 Å². The zero-order valence-electron chi connectivity index (χ0n) is 32.7. The summed E-state index contributed by atoms with van der Waals surface area (Å²) in [5, 5.41) is 6.14. The highest BCUT2D eigenvalue weighted by Crippen LogP contribution is 2.33. The number of hydrogen-bond donors (Lipinski definition) is 2. The molecule has 0 radical (unpaired) electrons. The Morgan fingerprint density at radius 3 is 2.07 bits per heavy atom. The first kappa shape index (κ1) is 40.8. The Morgan fingerprint density at radius 1 is 0.821 bits per heavy atom. The SMILES string of the molecule is CCCN1CCN(CCOc2ccc(Nc3ncc(C(=O)Nc4c(C)cccc4C)c(Oc4ccc(C(=O)N5CCN(CCC)CC5)cc4Cl)n3)cc2F)CC1. The van der Waals surface area contributed by atoms with Crippen LogP contribution in [-0.2, 0) is 0 Å². The number of halogens is 2. The van der Waals surface area contributed by atoms with Gasteiger partial charge in [0.05, 0.1) is 5.02 Å². The number of rotatable bonds is 15. The number of piperazine rings is 2. The molecule has 0 saturated carbocycles. The molecule has 2 aliphatic rings. The molecular weight excluding hydrogens is 735 g/mol. The van der Waals surface area contributed by atoms with E-state index in [-0.39, 0.29) is 39.8 Å². The van der Waals surface area contributed by atoms with E-state index in [1.807, 2.05) is 36.9 Å². The first-order valence-electron chi connectivity index (χ1n) is 19.5. The summed E-state index contributed by atoms with van der Waals surface area (Å²) in [6.07, 6.45) is 3.56. The molecule has 0 unspecified atom stereocenters. The molecule has 2 fully saturated rings. The van der Waals surface area contributed by atoms with Gasteiger partial charge in [-0.05, 0) is 81.2 Å². The first-order valence-corrected chi connectivity index (χ1v) is 19.9. The lowest BCUT2D eigenvalue weighted by atomic mass is 10.1. The number of para-hydroxylation sites is 1. The van der Waals surface area contributed by atoms with E-state index in [1.54, 1.807) is 30.3 Å². The molecule has 0 aliphatic carbocycles. The van der Waals surface area contributed by atoms with Crippen LogP contribution in [0.1, 0.15) is 58.5 Å². The quantitative estimate of drug-likeness (QED) is 0.128. The largest absolute Gasteiger partial charge is 0.489 e. The molecule has 2 saturated heterocycles. The topological polar surface area (TPSA) is 115 Å². The van der Waals surface area contributed by atoms with Gasteiger partial charge in [0.25, 0.3) is 11.8 Å². The van der Waals surface area contributed by atoms with Crippen LogP contribution in [0.25, 0.3) is 0 Å². The van der Waals surface area contributed by atoms with Crippen molar-refractivity contribution in [3.8, 4) is 17.4 Å². The molecule has 12 nitrogen and oxygen atoms in total. The highest BCUT2D eigenvalue weighted by molar-refractivity contribution is 6.32. The van der Waals surface area contributed by atoms with Gasteiger partial charge in [0.15, 0.2) is 11.6 Å². The number of aryl methyl sites for hydroxylation is 2. The van der Waals surface area contributed by atoms with Gasteiger partial charge in [0.1, 0.15) is 17.9 Å². The van der Waals surface area contributed by atoms with E-state index in [9.17, 15) is 9.59 Å². The molecule has 2 amide bonds. The number of nitrogens with one attached hydrogen (secondary N) is 2. The number of carbonyl (C=O) groups excluding carboxylic acids is 2. The van der Waals surface area contributed by atoms with E-state index >= 15 is 4.39 Å². The van der Waals surface area contributed by atoms with Crippen LogP contribution in [0.5, 0.6) is 17.4 Å². The number of aromatic nitrogens is 2. The summed E-state index contributed by atoms with van der Waals surface area (Å²) in [6.45, 7) is 18.3. The van der Waals surface area contributed by atoms with Crippen LogP contribution in [0.3, 0.4) is 0 Å². The number of amides is 2. The van der Waals surface area contributed by atoms with Crippen LogP contribution in [0.2, 0.25) is 5.02 Å². The van der Waals surface area contributed by atoms with Crippen molar-refractivity contribution < 1.29 is 23.5 Å². The highest BCUT2D eigenvalue weighted by atomic mass is 35.5. The van der Waals surface area contributed by atoms with Crippen LogP contribution in [0.4, 0.5) is 21.7 Å².